The fourth-order valence-electron chi connectivity index (χ4n) is 3.19. The van der Waals surface area contributed by atoms with Crippen molar-refractivity contribution in [1.29, 1.82) is 0 Å². The Morgan fingerprint density at radius 1 is 0.839 bits per heavy atom. The topological polar surface area (TPSA) is 66.9 Å². The molecule has 6 nitrogen and oxygen atoms in total. The van der Waals surface area contributed by atoms with Crippen LogP contribution in [0.5, 0.6) is 0 Å². The van der Waals surface area contributed by atoms with Crippen molar-refractivity contribution in [2.24, 2.45) is 0 Å². The van der Waals surface area contributed by atoms with Gasteiger partial charge in [-0.3, -0.25) is 14.4 Å². The van der Waals surface area contributed by atoms with E-state index in [2.05, 4.69) is 0 Å². The van der Waals surface area contributed by atoms with E-state index >= 15 is 0 Å². The summed E-state index contributed by atoms with van der Waals surface area (Å²) in [7, 11) is 0. The van der Waals surface area contributed by atoms with Gasteiger partial charge in [0.25, 0.3) is 11.8 Å². The molecule has 0 unspecified atom stereocenters. The van der Waals surface area contributed by atoms with Gasteiger partial charge in [0.15, 0.2) is 0 Å². The summed E-state index contributed by atoms with van der Waals surface area (Å²) in [6, 6.07) is 14.3. The third kappa shape index (κ3) is 6.17. The standard InChI is InChI=1S/C25H32N2O4/c1-7-19-11-15-20(16-12-19)23(29)26(17-22(28)31-8-2)27(25(4,5)6)24(30)21-13-9-18(3)10-14-21/h9-16H,7-8,17H2,1-6H3. The average molecular weight is 425 g/mol. The van der Waals surface area contributed by atoms with Crippen LogP contribution in [-0.2, 0) is 16.0 Å². The molecule has 0 aliphatic carbocycles. The maximum atomic E-state index is 13.5. The van der Waals surface area contributed by atoms with Gasteiger partial charge in [0, 0.05) is 11.1 Å². The molecule has 2 aromatic carbocycles. The molecule has 0 bridgehead atoms. The normalized spacial score (nSPS) is 11.0. The first-order chi connectivity index (χ1) is 14.6. The van der Waals surface area contributed by atoms with E-state index in [-0.39, 0.29) is 19.1 Å². The van der Waals surface area contributed by atoms with Crippen molar-refractivity contribution in [2.45, 2.75) is 53.5 Å². The van der Waals surface area contributed by atoms with Gasteiger partial charge in [0.1, 0.15) is 6.54 Å². The molecule has 0 saturated heterocycles. The highest BCUT2D eigenvalue weighted by molar-refractivity contribution is 6.00. The predicted octanol–water partition coefficient (Wildman–Crippen LogP) is 4.42. The van der Waals surface area contributed by atoms with Crippen molar-refractivity contribution in [2.75, 3.05) is 13.2 Å². The van der Waals surface area contributed by atoms with E-state index in [4.69, 9.17) is 4.74 Å². The molecule has 166 valence electrons. The van der Waals surface area contributed by atoms with Crippen molar-refractivity contribution >= 4 is 17.8 Å². The molecule has 6 heteroatoms. The molecule has 0 atom stereocenters. The summed E-state index contributed by atoms with van der Waals surface area (Å²) in [6.07, 6.45) is 0.848. The van der Waals surface area contributed by atoms with Crippen molar-refractivity contribution in [3.8, 4) is 0 Å². The van der Waals surface area contributed by atoms with Crippen LogP contribution in [0.2, 0.25) is 0 Å². The van der Waals surface area contributed by atoms with Crippen molar-refractivity contribution in [1.82, 2.24) is 10.0 Å². The van der Waals surface area contributed by atoms with Gasteiger partial charge in [0.05, 0.1) is 12.1 Å². The van der Waals surface area contributed by atoms with Crippen LogP contribution < -0.4 is 0 Å². The Labute approximate surface area is 184 Å². The number of ether oxygens (including phenoxy) is 1. The first-order valence-electron chi connectivity index (χ1n) is 10.6. The number of carbonyl (C=O) groups is 3. The number of carbonyl (C=O) groups excluding carboxylic acids is 3. The largest absolute Gasteiger partial charge is 0.465 e. The molecule has 0 radical (unpaired) electrons. The number of rotatable bonds is 6. The number of hydrogen-bond donors (Lipinski definition) is 0. The molecule has 0 aliphatic rings. The second-order valence-electron chi connectivity index (χ2n) is 8.37. The number of benzene rings is 2. The summed E-state index contributed by atoms with van der Waals surface area (Å²) in [5.74, 6) is -1.38. The van der Waals surface area contributed by atoms with Crippen LogP contribution in [-0.4, -0.2) is 46.5 Å². The lowest BCUT2D eigenvalue weighted by atomic mass is 10.0. The minimum atomic E-state index is -0.770. The zero-order valence-electron chi connectivity index (χ0n) is 19.3. The highest BCUT2D eigenvalue weighted by atomic mass is 16.5. The molecule has 0 fully saturated rings. The summed E-state index contributed by atoms with van der Waals surface area (Å²) in [6.45, 7) is 11.0. The van der Waals surface area contributed by atoms with Crippen LogP contribution >= 0.6 is 0 Å². The monoisotopic (exact) mass is 424 g/mol. The van der Waals surface area contributed by atoms with Gasteiger partial charge in [-0.1, -0.05) is 36.8 Å². The molecule has 0 saturated carbocycles. The summed E-state index contributed by atoms with van der Waals surface area (Å²) in [5, 5.41) is 2.55. The summed E-state index contributed by atoms with van der Waals surface area (Å²) >= 11 is 0. The molecule has 0 aliphatic heterocycles. The maximum absolute atomic E-state index is 13.5. The molecular weight excluding hydrogens is 392 g/mol. The molecule has 2 rings (SSSR count). The fourth-order valence-corrected chi connectivity index (χ4v) is 3.19. The SMILES string of the molecule is CCOC(=O)CN(C(=O)c1ccc(CC)cc1)N(C(=O)c1ccc(C)cc1)C(C)(C)C. The average Bonchev–Trinajstić information content (AvgIpc) is 2.72. The van der Waals surface area contributed by atoms with E-state index in [1.54, 1.807) is 31.2 Å². The maximum Gasteiger partial charge on any atom is 0.327 e. The number of esters is 1. The van der Waals surface area contributed by atoms with E-state index in [0.717, 1.165) is 17.5 Å². The van der Waals surface area contributed by atoms with E-state index in [1.165, 1.54) is 10.0 Å². The quantitative estimate of drug-likeness (QED) is 0.509. The van der Waals surface area contributed by atoms with Gasteiger partial charge in [0.2, 0.25) is 0 Å². The van der Waals surface area contributed by atoms with Crippen LogP contribution in [0.3, 0.4) is 0 Å². The Morgan fingerprint density at radius 3 is 1.84 bits per heavy atom. The van der Waals surface area contributed by atoms with Crippen LogP contribution in [0.15, 0.2) is 48.5 Å². The minimum Gasteiger partial charge on any atom is -0.465 e. The molecule has 2 aromatic rings. The molecule has 0 spiro atoms. The Balaban J connectivity index is 2.52. The zero-order chi connectivity index (χ0) is 23.2. The minimum absolute atomic E-state index is 0.188. The summed E-state index contributed by atoms with van der Waals surface area (Å²) < 4.78 is 5.09. The van der Waals surface area contributed by atoms with Gasteiger partial charge < -0.3 is 4.74 Å². The van der Waals surface area contributed by atoms with Gasteiger partial charge in [-0.05, 0) is 70.9 Å². The summed E-state index contributed by atoms with van der Waals surface area (Å²) in [4.78, 5) is 39.4. The van der Waals surface area contributed by atoms with E-state index < -0.39 is 17.4 Å². The van der Waals surface area contributed by atoms with Crippen molar-refractivity contribution < 1.29 is 19.1 Å². The Bertz CT molecular complexity index is 912. The van der Waals surface area contributed by atoms with Crippen LogP contribution in [0.25, 0.3) is 0 Å². The van der Waals surface area contributed by atoms with Crippen LogP contribution in [0.1, 0.15) is 66.5 Å². The summed E-state index contributed by atoms with van der Waals surface area (Å²) in [5.41, 5.74) is 2.18. The van der Waals surface area contributed by atoms with Gasteiger partial charge >= 0.3 is 5.97 Å². The van der Waals surface area contributed by atoms with Gasteiger partial charge in [-0.2, -0.15) is 0 Å². The molecule has 31 heavy (non-hydrogen) atoms. The molecule has 0 heterocycles. The Hall–Kier alpha value is -3.15. The van der Waals surface area contributed by atoms with Crippen LogP contribution in [0, 0.1) is 6.92 Å². The molecule has 2 amide bonds. The Morgan fingerprint density at radius 2 is 1.35 bits per heavy atom. The highest BCUT2D eigenvalue weighted by Crippen LogP contribution is 2.23. The van der Waals surface area contributed by atoms with Crippen molar-refractivity contribution in [3.05, 3.63) is 70.8 Å². The lowest BCUT2D eigenvalue weighted by Gasteiger charge is -2.43. The molecular formula is C25H32N2O4. The third-order valence-corrected chi connectivity index (χ3v) is 4.80. The van der Waals surface area contributed by atoms with Gasteiger partial charge in [-0.25, -0.2) is 10.0 Å². The highest BCUT2D eigenvalue weighted by Gasteiger charge is 2.37. The van der Waals surface area contributed by atoms with E-state index in [9.17, 15) is 14.4 Å². The molecule has 0 aromatic heterocycles. The molecule has 0 N–H and O–H groups in total. The number of aryl methyl sites for hydroxylation is 2. The van der Waals surface area contributed by atoms with E-state index in [0.29, 0.717) is 11.1 Å². The van der Waals surface area contributed by atoms with Crippen LogP contribution in [0.4, 0.5) is 0 Å². The lowest BCUT2D eigenvalue weighted by molar-refractivity contribution is -0.148. The third-order valence-electron chi connectivity index (χ3n) is 4.80. The van der Waals surface area contributed by atoms with E-state index in [1.807, 2.05) is 58.9 Å². The first-order valence-corrected chi connectivity index (χ1v) is 10.6. The number of amides is 2. The van der Waals surface area contributed by atoms with Gasteiger partial charge in [-0.15, -0.1) is 0 Å². The number of hydrazine groups is 1. The second kappa shape index (κ2) is 10.2. The number of hydrogen-bond acceptors (Lipinski definition) is 4. The zero-order valence-corrected chi connectivity index (χ0v) is 19.3. The predicted molar refractivity (Wildman–Crippen MR) is 121 cm³/mol. The second-order valence-corrected chi connectivity index (χ2v) is 8.37. The lowest BCUT2D eigenvalue weighted by Crippen LogP contribution is -2.59. The fraction of sp³-hybridized carbons (Fsp3) is 0.400. The number of nitrogens with zero attached hydrogens (tertiary/aromatic N) is 2. The van der Waals surface area contributed by atoms with Crippen molar-refractivity contribution in [3.63, 3.8) is 0 Å². The Kier molecular flexibility index (Phi) is 7.97. The smallest absolute Gasteiger partial charge is 0.327 e. The first kappa shape index (κ1) is 24.1.